The average molecular weight is 306 g/mol. The van der Waals surface area contributed by atoms with Gasteiger partial charge < -0.3 is 15.2 Å². The number of nitrogens with two attached hydrogens (primary N) is 1. The second-order valence-electron chi connectivity index (χ2n) is 5.73. The highest BCUT2D eigenvalue weighted by atomic mass is 16.5. The second-order valence-corrected chi connectivity index (χ2v) is 5.73. The van der Waals surface area contributed by atoms with Gasteiger partial charge in [-0.3, -0.25) is 4.90 Å². The Morgan fingerprint density at radius 2 is 2.05 bits per heavy atom. The number of carbonyl (C=O) groups excluding carboxylic acids is 1. The van der Waals surface area contributed by atoms with E-state index in [9.17, 15) is 4.79 Å². The molecule has 122 valence electrons. The number of benzene rings is 1. The smallest absolute Gasteiger partial charge is 0.338 e. The number of hydrogen-bond acceptors (Lipinski definition) is 5. The molecular formula is C17H26N2O3. The van der Waals surface area contributed by atoms with E-state index in [1.54, 1.807) is 18.2 Å². The standard InChI is InChI=1S/C17H26N2O3/c1-3-21-16-11-14(7-8-15(16)18)17(20)22-12-13(2)19-9-5-4-6-10-19/h7-8,11,13H,3-6,9-10,12,18H2,1-2H3/t13-/m0/s1. The summed E-state index contributed by atoms with van der Waals surface area (Å²) in [6.07, 6.45) is 3.76. The third-order valence-corrected chi connectivity index (χ3v) is 4.02. The molecule has 1 saturated heterocycles. The molecule has 2 rings (SSSR count). The van der Waals surface area contributed by atoms with Gasteiger partial charge in [0.05, 0.1) is 17.9 Å². The maximum atomic E-state index is 12.2. The molecule has 0 spiro atoms. The maximum Gasteiger partial charge on any atom is 0.338 e. The number of esters is 1. The van der Waals surface area contributed by atoms with Crippen LogP contribution in [0.3, 0.4) is 0 Å². The summed E-state index contributed by atoms with van der Waals surface area (Å²) < 4.78 is 10.8. The first kappa shape index (κ1) is 16.6. The van der Waals surface area contributed by atoms with Gasteiger partial charge in [-0.2, -0.15) is 0 Å². The van der Waals surface area contributed by atoms with E-state index in [1.165, 1.54) is 19.3 Å². The number of anilines is 1. The van der Waals surface area contributed by atoms with E-state index >= 15 is 0 Å². The van der Waals surface area contributed by atoms with E-state index in [1.807, 2.05) is 6.92 Å². The number of likely N-dealkylation sites (tertiary alicyclic amines) is 1. The van der Waals surface area contributed by atoms with E-state index in [0.29, 0.717) is 30.2 Å². The normalized spacial score (nSPS) is 17.0. The fraction of sp³-hybridized carbons (Fsp3) is 0.588. The highest BCUT2D eigenvalue weighted by Crippen LogP contribution is 2.23. The van der Waals surface area contributed by atoms with Crippen LogP contribution in [0.15, 0.2) is 18.2 Å². The summed E-state index contributed by atoms with van der Waals surface area (Å²) in [6.45, 7) is 7.09. The molecule has 0 radical (unpaired) electrons. The molecule has 0 aliphatic carbocycles. The zero-order valence-corrected chi connectivity index (χ0v) is 13.5. The lowest BCUT2D eigenvalue weighted by Gasteiger charge is -2.31. The molecule has 5 heteroatoms. The molecule has 1 atom stereocenters. The molecule has 0 aromatic heterocycles. The van der Waals surface area contributed by atoms with Crippen molar-refractivity contribution < 1.29 is 14.3 Å². The fourth-order valence-electron chi connectivity index (χ4n) is 2.69. The summed E-state index contributed by atoms with van der Waals surface area (Å²) >= 11 is 0. The molecule has 0 unspecified atom stereocenters. The van der Waals surface area contributed by atoms with Gasteiger partial charge in [-0.15, -0.1) is 0 Å². The number of piperidine rings is 1. The molecule has 1 aromatic rings. The Hall–Kier alpha value is -1.75. The summed E-state index contributed by atoms with van der Waals surface area (Å²) in [6, 6.07) is 5.25. The van der Waals surface area contributed by atoms with Gasteiger partial charge in [0, 0.05) is 6.04 Å². The minimum Gasteiger partial charge on any atom is -0.492 e. The van der Waals surface area contributed by atoms with E-state index < -0.39 is 0 Å². The number of ether oxygens (including phenoxy) is 2. The minimum atomic E-state index is -0.329. The Morgan fingerprint density at radius 3 is 2.73 bits per heavy atom. The van der Waals surface area contributed by atoms with Crippen LogP contribution in [0.5, 0.6) is 5.75 Å². The number of nitrogen functional groups attached to an aromatic ring is 1. The molecule has 0 saturated carbocycles. The van der Waals surface area contributed by atoms with Gasteiger partial charge >= 0.3 is 5.97 Å². The van der Waals surface area contributed by atoms with Crippen molar-refractivity contribution in [2.75, 3.05) is 32.0 Å². The first-order chi connectivity index (χ1) is 10.6. The summed E-state index contributed by atoms with van der Waals surface area (Å²) in [5, 5.41) is 0. The monoisotopic (exact) mass is 306 g/mol. The van der Waals surface area contributed by atoms with E-state index in [2.05, 4.69) is 11.8 Å². The van der Waals surface area contributed by atoms with Crippen LogP contribution < -0.4 is 10.5 Å². The van der Waals surface area contributed by atoms with Gasteiger partial charge in [-0.05, 0) is 58.0 Å². The van der Waals surface area contributed by atoms with Crippen LogP contribution in [0.2, 0.25) is 0 Å². The van der Waals surface area contributed by atoms with Gasteiger partial charge in [0.2, 0.25) is 0 Å². The SMILES string of the molecule is CCOc1cc(C(=O)OC[C@H](C)N2CCCCC2)ccc1N. The predicted octanol–water partition coefficient (Wildman–Crippen LogP) is 2.70. The first-order valence-electron chi connectivity index (χ1n) is 8.05. The summed E-state index contributed by atoms with van der Waals surface area (Å²) in [4.78, 5) is 14.5. The van der Waals surface area contributed by atoms with Crippen LogP contribution >= 0.6 is 0 Å². The number of hydrogen-bond donors (Lipinski definition) is 1. The van der Waals surface area contributed by atoms with E-state index in [-0.39, 0.29) is 12.0 Å². The van der Waals surface area contributed by atoms with Gasteiger partial charge in [0.15, 0.2) is 0 Å². The first-order valence-corrected chi connectivity index (χ1v) is 8.05. The number of nitrogens with zero attached hydrogens (tertiary/aromatic N) is 1. The minimum absolute atomic E-state index is 0.254. The van der Waals surface area contributed by atoms with Crippen molar-refractivity contribution in [1.29, 1.82) is 0 Å². The second kappa shape index (κ2) is 8.03. The quantitative estimate of drug-likeness (QED) is 0.646. The molecule has 1 aliphatic rings. The summed E-state index contributed by atoms with van der Waals surface area (Å²) in [5.74, 6) is 0.200. The Bertz CT molecular complexity index is 499. The average Bonchev–Trinajstić information content (AvgIpc) is 2.55. The van der Waals surface area contributed by atoms with Crippen molar-refractivity contribution in [3.8, 4) is 5.75 Å². The molecule has 5 nitrogen and oxygen atoms in total. The van der Waals surface area contributed by atoms with Crippen molar-refractivity contribution >= 4 is 11.7 Å². The largest absolute Gasteiger partial charge is 0.492 e. The topological polar surface area (TPSA) is 64.8 Å². The highest BCUT2D eigenvalue weighted by Gasteiger charge is 2.19. The molecule has 1 fully saturated rings. The van der Waals surface area contributed by atoms with Crippen LogP contribution in [-0.2, 0) is 4.74 Å². The van der Waals surface area contributed by atoms with Crippen LogP contribution in [0, 0.1) is 0 Å². The zero-order chi connectivity index (χ0) is 15.9. The van der Waals surface area contributed by atoms with Crippen LogP contribution in [0.4, 0.5) is 5.69 Å². The molecule has 1 aliphatic heterocycles. The lowest BCUT2D eigenvalue weighted by molar-refractivity contribution is 0.0347. The number of carbonyl (C=O) groups is 1. The molecule has 2 N–H and O–H groups in total. The lowest BCUT2D eigenvalue weighted by atomic mass is 10.1. The van der Waals surface area contributed by atoms with Crippen molar-refractivity contribution in [2.24, 2.45) is 0 Å². The molecule has 22 heavy (non-hydrogen) atoms. The molecule has 1 aromatic carbocycles. The van der Waals surface area contributed by atoms with Crippen molar-refractivity contribution in [3.05, 3.63) is 23.8 Å². The Morgan fingerprint density at radius 1 is 1.32 bits per heavy atom. The maximum absolute atomic E-state index is 12.2. The molecule has 0 amide bonds. The van der Waals surface area contributed by atoms with Gasteiger partial charge in [-0.1, -0.05) is 6.42 Å². The Labute approximate surface area is 132 Å². The molecule has 1 heterocycles. The predicted molar refractivity (Wildman–Crippen MR) is 87.2 cm³/mol. The van der Waals surface area contributed by atoms with Gasteiger partial charge in [0.1, 0.15) is 12.4 Å². The molecular weight excluding hydrogens is 280 g/mol. The van der Waals surface area contributed by atoms with Crippen molar-refractivity contribution in [2.45, 2.75) is 39.2 Å². The van der Waals surface area contributed by atoms with E-state index in [4.69, 9.17) is 15.2 Å². The highest BCUT2D eigenvalue weighted by molar-refractivity contribution is 5.90. The van der Waals surface area contributed by atoms with E-state index in [0.717, 1.165) is 13.1 Å². The van der Waals surface area contributed by atoms with Gasteiger partial charge in [-0.25, -0.2) is 4.79 Å². The lowest BCUT2D eigenvalue weighted by Crippen LogP contribution is -2.40. The van der Waals surface area contributed by atoms with Crippen LogP contribution in [-0.4, -0.2) is 43.2 Å². The fourth-order valence-corrected chi connectivity index (χ4v) is 2.69. The van der Waals surface area contributed by atoms with Crippen molar-refractivity contribution in [1.82, 2.24) is 4.90 Å². The third-order valence-electron chi connectivity index (χ3n) is 4.02. The summed E-state index contributed by atoms with van der Waals surface area (Å²) in [5.41, 5.74) is 6.81. The number of rotatable bonds is 6. The van der Waals surface area contributed by atoms with Crippen molar-refractivity contribution in [3.63, 3.8) is 0 Å². The summed E-state index contributed by atoms with van der Waals surface area (Å²) in [7, 11) is 0. The van der Waals surface area contributed by atoms with Crippen LogP contribution in [0.25, 0.3) is 0 Å². The zero-order valence-electron chi connectivity index (χ0n) is 13.5. The third kappa shape index (κ3) is 4.37. The Balaban J connectivity index is 1.90. The molecule has 0 bridgehead atoms. The van der Waals surface area contributed by atoms with Gasteiger partial charge in [0.25, 0.3) is 0 Å². The van der Waals surface area contributed by atoms with Crippen LogP contribution in [0.1, 0.15) is 43.5 Å². The Kier molecular flexibility index (Phi) is 6.07.